The molecule has 1 aromatic carbocycles. The van der Waals surface area contributed by atoms with Crippen LogP contribution in [0.1, 0.15) is 45.1 Å². The molecule has 1 aliphatic carbocycles. The van der Waals surface area contributed by atoms with Crippen LogP contribution >= 0.6 is 0 Å². The SMILES string of the molecule is COc1ccc(C)cc1NC(=O)COC(=O)[C@@H]1CC(=O)N([C@@H]2CCC[C@H](C)[C@@H]2C)C1. The lowest BCUT2D eigenvalue weighted by molar-refractivity contribution is -0.151. The van der Waals surface area contributed by atoms with Gasteiger partial charge in [-0.1, -0.05) is 32.8 Å². The molecule has 2 aliphatic rings. The molecule has 0 unspecified atom stereocenters. The molecule has 1 heterocycles. The van der Waals surface area contributed by atoms with E-state index < -0.39 is 24.4 Å². The Morgan fingerprint density at radius 3 is 2.73 bits per heavy atom. The topological polar surface area (TPSA) is 84.9 Å². The lowest BCUT2D eigenvalue weighted by Crippen LogP contribution is -2.45. The van der Waals surface area contributed by atoms with Crippen molar-refractivity contribution in [2.24, 2.45) is 17.8 Å². The number of amides is 2. The largest absolute Gasteiger partial charge is 0.495 e. The van der Waals surface area contributed by atoms with Gasteiger partial charge in [-0.05, 0) is 42.9 Å². The van der Waals surface area contributed by atoms with Crippen molar-refractivity contribution in [1.82, 2.24) is 4.90 Å². The quantitative estimate of drug-likeness (QED) is 0.720. The van der Waals surface area contributed by atoms with Gasteiger partial charge in [-0.25, -0.2) is 0 Å². The van der Waals surface area contributed by atoms with E-state index in [1.54, 1.807) is 12.1 Å². The fraction of sp³-hybridized carbons (Fsp3) is 0.609. The molecule has 4 atom stereocenters. The summed E-state index contributed by atoms with van der Waals surface area (Å²) in [6.45, 7) is 6.32. The predicted octanol–water partition coefficient (Wildman–Crippen LogP) is 3.16. The van der Waals surface area contributed by atoms with Gasteiger partial charge in [0.15, 0.2) is 6.61 Å². The number of methoxy groups -OCH3 is 1. The first kappa shape index (κ1) is 22.1. The molecule has 1 N–H and O–H groups in total. The van der Waals surface area contributed by atoms with Gasteiger partial charge in [-0.15, -0.1) is 0 Å². The van der Waals surface area contributed by atoms with Gasteiger partial charge >= 0.3 is 5.97 Å². The Labute approximate surface area is 178 Å². The second-order valence-corrected chi connectivity index (χ2v) is 8.64. The normalized spacial score (nSPS) is 26.4. The van der Waals surface area contributed by atoms with Crippen LogP contribution in [0.5, 0.6) is 5.75 Å². The Bertz CT molecular complexity index is 809. The minimum atomic E-state index is -0.511. The molecule has 1 aromatic rings. The zero-order valence-corrected chi connectivity index (χ0v) is 18.3. The third-order valence-corrected chi connectivity index (χ3v) is 6.53. The van der Waals surface area contributed by atoms with Crippen molar-refractivity contribution in [3.8, 4) is 5.75 Å². The number of rotatable bonds is 6. The number of hydrogen-bond acceptors (Lipinski definition) is 5. The number of carbonyl (C=O) groups is 3. The molecule has 1 saturated heterocycles. The first-order valence-corrected chi connectivity index (χ1v) is 10.7. The van der Waals surface area contributed by atoms with E-state index in [4.69, 9.17) is 9.47 Å². The summed E-state index contributed by atoms with van der Waals surface area (Å²) in [5.41, 5.74) is 1.50. The van der Waals surface area contributed by atoms with Gasteiger partial charge in [0.05, 0.1) is 18.7 Å². The van der Waals surface area contributed by atoms with E-state index in [9.17, 15) is 14.4 Å². The number of esters is 1. The van der Waals surface area contributed by atoms with Crippen molar-refractivity contribution in [3.05, 3.63) is 23.8 Å². The first-order valence-electron chi connectivity index (χ1n) is 10.7. The summed E-state index contributed by atoms with van der Waals surface area (Å²) in [6.07, 6.45) is 3.44. The van der Waals surface area contributed by atoms with Crippen molar-refractivity contribution in [2.45, 2.75) is 52.5 Å². The lowest BCUT2D eigenvalue weighted by atomic mass is 9.77. The monoisotopic (exact) mass is 416 g/mol. The van der Waals surface area contributed by atoms with Gasteiger partial charge in [0, 0.05) is 19.0 Å². The summed E-state index contributed by atoms with van der Waals surface area (Å²) in [5, 5.41) is 2.71. The molecule has 7 nitrogen and oxygen atoms in total. The number of hydrogen-bond donors (Lipinski definition) is 1. The van der Waals surface area contributed by atoms with Crippen molar-refractivity contribution in [2.75, 3.05) is 25.6 Å². The van der Waals surface area contributed by atoms with E-state index in [1.165, 1.54) is 13.5 Å². The zero-order chi connectivity index (χ0) is 21.8. The van der Waals surface area contributed by atoms with E-state index >= 15 is 0 Å². The lowest BCUT2D eigenvalue weighted by Gasteiger charge is -2.39. The average Bonchev–Trinajstić information content (AvgIpc) is 3.10. The predicted molar refractivity (Wildman–Crippen MR) is 113 cm³/mol. The number of ether oxygens (including phenoxy) is 2. The zero-order valence-electron chi connectivity index (χ0n) is 18.3. The molecule has 7 heteroatoms. The molecule has 3 rings (SSSR count). The highest BCUT2D eigenvalue weighted by Crippen LogP contribution is 2.36. The van der Waals surface area contributed by atoms with Crippen LogP contribution in [-0.4, -0.2) is 49.0 Å². The Morgan fingerprint density at radius 1 is 1.23 bits per heavy atom. The molecule has 0 aromatic heterocycles. The number of aryl methyl sites for hydroxylation is 1. The molecule has 30 heavy (non-hydrogen) atoms. The van der Waals surface area contributed by atoms with E-state index in [-0.39, 0.29) is 18.4 Å². The molecule has 0 spiro atoms. The number of benzene rings is 1. The van der Waals surface area contributed by atoms with Crippen LogP contribution in [0.25, 0.3) is 0 Å². The Morgan fingerprint density at radius 2 is 2.00 bits per heavy atom. The Kier molecular flexibility index (Phi) is 7.00. The summed E-state index contributed by atoms with van der Waals surface area (Å²) in [5.74, 6) is 0.0996. The molecular weight excluding hydrogens is 384 g/mol. The maximum absolute atomic E-state index is 12.5. The molecule has 1 aliphatic heterocycles. The minimum absolute atomic E-state index is 0.0110. The van der Waals surface area contributed by atoms with Gasteiger partial charge in [0.25, 0.3) is 5.91 Å². The second-order valence-electron chi connectivity index (χ2n) is 8.64. The van der Waals surface area contributed by atoms with Crippen molar-refractivity contribution < 1.29 is 23.9 Å². The first-order chi connectivity index (χ1) is 14.3. The average molecular weight is 417 g/mol. The van der Waals surface area contributed by atoms with Gasteiger partial charge in [-0.2, -0.15) is 0 Å². The summed E-state index contributed by atoms with van der Waals surface area (Å²) < 4.78 is 10.5. The van der Waals surface area contributed by atoms with Crippen LogP contribution in [0, 0.1) is 24.7 Å². The van der Waals surface area contributed by atoms with Crippen molar-refractivity contribution >= 4 is 23.5 Å². The van der Waals surface area contributed by atoms with Gasteiger partial charge < -0.3 is 19.7 Å². The van der Waals surface area contributed by atoms with Gasteiger partial charge in [-0.3, -0.25) is 14.4 Å². The minimum Gasteiger partial charge on any atom is -0.495 e. The third kappa shape index (κ3) is 4.94. The maximum atomic E-state index is 12.5. The van der Waals surface area contributed by atoms with Crippen LogP contribution in [0.15, 0.2) is 18.2 Å². The van der Waals surface area contributed by atoms with E-state index in [1.807, 2.05) is 17.9 Å². The molecule has 0 bridgehead atoms. The van der Waals surface area contributed by atoms with E-state index in [0.29, 0.717) is 29.8 Å². The maximum Gasteiger partial charge on any atom is 0.311 e. The summed E-state index contributed by atoms with van der Waals surface area (Å²) in [6, 6.07) is 5.63. The molecule has 164 valence electrons. The number of likely N-dealkylation sites (tertiary alicyclic amines) is 1. The van der Waals surface area contributed by atoms with Crippen LogP contribution in [0.2, 0.25) is 0 Å². The fourth-order valence-electron chi connectivity index (χ4n) is 4.56. The summed E-state index contributed by atoms with van der Waals surface area (Å²) in [4.78, 5) is 39.2. The smallest absolute Gasteiger partial charge is 0.311 e. The highest BCUT2D eigenvalue weighted by Gasteiger charge is 2.42. The number of carbonyl (C=O) groups excluding carboxylic acids is 3. The van der Waals surface area contributed by atoms with Crippen molar-refractivity contribution in [3.63, 3.8) is 0 Å². The van der Waals surface area contributed by atoms with Gasteiger partial charge in [0.2, 0.25) is 5.91 Å². The second kappa shape index (κ2) is 9.49. The van der Waals surface area contributed by atoms with Crippen LogP contribution < -0.4 is 10.1 Å². The van der Waals surface area contributed by atoms with Crippen molar-refractivity contribution in [1.29, 1.82) is 0 Å². The summed E-state index contributed by atoms with van der Waals surface area (Å²) >= 11 is 0. The van der Waals surface area contributed by atoms with Gasteiger partial charge in [0.1, 0.15) is 5.75 Å². The van der Waals surface area contributed by atoms with Crippen LogP contribution in [0.3, 0.4) is 0 Å². The van der Waals surface area contributed by atoms with E-state index in [2.05, 4.69) is 19.2 Å². The molecule has 2 fully saturated rings. The van der Waals surface area contributed by atoms with E-state index in [0.717, 1.165) is 18.4 Å². The van der Waals surface area contributed by atoms with Crippen LogP contribution in [0.4, 0.5) is 5.69 Å². The molecule has 1 saturated carbocycles. The third-order valence-electron chi connectivity index (χ3n) is 6.53. The number of anilines is 1. The summed E-state index contributed by atoms with van der Waals surface area (Å²) in [7, 11) is 1.52. The van der Waals surface area contributed by atoms with Crippen LogP contribution in [-0.2, 0) is 19.1 Å². The number of nitrogens with zero attached hydrogens (tertiary/aromatic N) is 1. The Balaban J connectivity index is 1.52. The standard InChI is InChI=1S/C23H32N2O5/c1-14-8-9-20(29-4)18(10-14)24-21(26)13-30-23(28)17-11-22(27)25(12-17)19-7-5-6-15(2)16(19)3/h8-10,15-17,19H,5-7,11-13H2,1-4H3,(H,24,26)/t15-,16-,17+,19+/m0/s1. The Hall–Kier alpha value is -2.57. The highest BCUT2D eigenvalue weighted by atomic mass is 16.5. The molecule has 0 radical (unpaired) electrons. The molecule has 2 amide bonds. The number of nitrogens with one attached hydrogen (secondary N) is 1. The highest BCUT2D eigenvalue weighted by molar-refractivity contribution is 5.95. The fourth-order valence-corrected chi connectivity index (χ4v) is 4.56. The molecular formula is C23H32N2O5.